The standard InChI is InChI=1S/C9H18NO/c1-4-11-7-9-5-8(2)6-10(9)3/h8-9H,3-7H2,1-2H3/q-1/t8-,9+/m1/s1. The second kappa shape index (κ2) is 4.07. The second-order valence-electron chi connectivity index (χ2n) is 3.43. The molecule has 0 aliphatic carbocycles. The average Bonchev–Trinajstić information content (AvgIpc) is 2.26. The van der Waals surface area contributed by atoms with Gasteiger partial charge in [-0.1, -0.05) is 6.92 Å². The monoisotopic (exact) mass is 156 g/mol. The Labute approximate surface area is 69.5 Å². The number of nitrogens with zero attached hydrogens (tertiary/aromatic N) is 1. The summed E-state index contributed by atoms with van der Waals surface area (Å²) >= 11 is 0. The van der Waals surface area contributed by atoms with E-state index in [2.05, 4.69) is 18.9 Å². The van der Waals surface area contributed by atoms with Gasteiger partial charge in [0.25, 0.3) is 0 Å². The van der Waals surface area contributed by atoms with Gasteiger partial charge in [-0.2, -0.15) is 0 Å². The summed E-state index contributed by atoms with van der Waals surface area (Å²) in [7, 11) is 3.98. The third kappa shape index (κ3) is 2.46. The van der Waals surface area contributed by atoms with Crippen molar-refractivity contribution in [3.8, 4) is 0 Å². The summed E-state index contributed by atoms with van der Waals surface area (Å²) < 4.78 is 5.35. The first-order valence-electron chi connectivity index (χ1n) is 4.39. The van der Waals surface area contributed by atoms with Crippen LogP contribution in [0.15, 0.2) is 0 Å². The molecule has 66 valence electrons. The molecule has 0 aromatic carbocycles. The van der Waals surface area contributed by atoms with Crippen LogP contribution in [0.3, 0.4) is 0 Å². The number of rotatable bonds is 3. The van der Waals surface area contributed by atoms with Gasteiger partial charge in [0.15, 0.2) is 0 Å². The number of likely N-dealkylation sites (tertiary alicyclic amines) is 1. The summed E-state index contributed by atoms with van der Waals surface area (Å²) in [6.45, 7) is 7.09. The molecule has 1 fully saturated rings. The van der Waals surface area contributed by atoms with Crippen LogP contribution in [-0.2, 0) is 4.74 Å². The van der Waals surface area contributed by atoms with Gasteiger partial charge in [-0.15, -0.1) is 0 Å². The molecule has 0 saturated carbocycles. The van der Waals surface area contributed by atoms with Crippen molar-refractivity contribution in [3.05, 3.63) is 7.05 Å². The van der Waals surface area contributed by atoms with Crippen LogP contribution in [0.25, 0.3) is 0 Å². The van der Waals surface area contributed by atoms with E-state index in [1.807, 2.05) is 6.92 Å². The minimum Gasteiger partial charge on any atom is -0.454 e. The highest BCUT2D eigenvalue weighted by Crippen LogP contribution is 2.21. The molecule has 0 amide bonds. The maximum atomic E-state index is 5.35. The highest BCUT2D eigenvalue weighted by molar-refractivity contribution is 4.82. The van der Waals surface area contributed by atoms with E-state index in [0.29, 0.717) is 6.04 Å². The van der Waals surface area contributed by atoms with Gasteiger partial charge in [0.1, 0.15) is 0 Å². The molecule has 2 nitrogen and oxygen atoms in total. The Morgan fingerprint density at radius 2 is 2.36 bits per heavy atom. The second-order valence-corrected chi connectivity index (χ2v) is 3.43. The van der Waals surface area contributed by atoms with Gasteiger partial charge in [-0.25, -0.2) is 0 Å². The van der Waals surface area contributed by atoms with Gasteiger partial charge in [0.2, 0.25) is 0 Å². The lowest BCUT2D eigenvalue weighted by Crippen LogP contribution is -2.27. The normalized spacial score (nSPS) is 33.0. The summed E-state index contributed by atoms with van der Waals surface area (Å²) in [4.78, 5) is 2.15. The Kier molecular flexibility index (Phi) is 3.34. The van der Waals surface area contributed by atoms with Gasteiger partial charge < -0.3 is 9.64 Å². The van der Waals surface area contributed by atoms with Crippen LogP contribution in [0.4, 0.5) is 0 Å². The van der Waals surface area contributed by atoms with E-state index < -0.39 is 0 Å². The van der Waals surface area contributed by atoms with Gasteiger partial charge in [0, 0.05) is 12.6 Å². The van der Waals surface area contributed by atoms with Crippen LogP contribution >= 0.6 is 0 Å². The van der Waals surface area contributed by atoms with E-state index in [0.717, 1.165) is 25.7 Å². The van der Waals surface area contributed by atoms with Crippen LogP contribution in [0.2, 0.25) is 0 Å². The number of hydrogen-bond donors (Lipinski definition) is 0. The summed E-state index contributed by atoms with van der Waals surface area (Å²) in [5, 5.41) is 0. The zero-order valence-electron chi connectivity index (χ0n) is 7.55. The fraction of sp³-hybridized carbons (Fsp3) is 0.889. The SMILES string of the molecule is [CH2-]N1C[C@H](C)C[C@H]1COCC. The lowest BCUT2D eigenvalue weighted by atomic mass is 10.1. The van der Waals surface area contributed by atoms with E-state index in [1.54, 1.807) is 0 Å². The molecule has 2 heteroatoms. The summed E-state index contributed by atoms with van der Waals surface area (Å²) in [5.41, 5.74) is 0. The Morgan fingerprint density at radius 1 is 1.64 bits per heavy atom. The summed E-state index contributed by atoms with van der Waals surface area (Å²) in [6.07, 6.45) is 1.24. The zero-order chi connectivity index (χ0) is 8.27. The first kappa shape index (κ1) is 9.01. The van der Waals surface area contributed by atoms with Crippen LogP contribution in [-0.4, -0.2) is 30.7 Å². The topological polar surface area (TPSA) is 12.5 Å². The number of ether oxygens (including phenoxy) is 1. The van der Waals surface area contributed by atoms with E-state index in [9.17, 15) is 0 Å². The minimum atomic E-state index is 0.560. The van der Waals surface area contributed by atoms with Crippen molar-refractivity contribution in [2.45, 2.75) is 26.3 Å². The molecule has 1 heterocycles. The number of hydrogen-bond acceptors (Lipinski definition) is 2. The predicted octanol–water partition coefficient (Wildman–Crippen LogP) is 1.52. The largest absolute Gasteiger partial charge is 0.454 e. The summed E-state index contributed by atoms with van der Waals surface area (Å²) in [5.74, 6) is 0.790. The molecule has 1 saturated heterocycles. The van der Waals surface area contributed by atoms with Crippen molar-refractivity contribution in [1.82, 2.24) is 4.90 Å². The molecule has 0 bridgehead atoms. The lowest BCUT2D eigenvalue weighted by Gasteiger charge is -2.26. The Morgan fingerprint density at radius 3 is 2.82 bits per heavy atom. The zero-order valence-corrected chi connectivity index (χ0v) is 7.55. The molecule has 0 radical (unpaired) electrons. The fourth-order valence-electron chi connectivity index (χ4n) is 1.66. The van der Waals surface area contributed by atoms with Crippen molar-refractivity contribution >= 4 is 0 Å². The molecule has 1 rings (SSSR count). The molecule has 1 aliphatic heterocycles. The van der Waals surface area contributed by atoms with Gasteiger partial charge in [-0.3, -0.25) is 7.05 Å². The minimum absolute atomic E-state index is 0.560. The third-order valence-corrected chi connectivity index (χ3v) is 2.25. The first-order chi connectivity index (χ1) is 5.24. The van der Waals surface area contributed by atoms with Gasteiger partial charge >= 0.3 is 0 Å². The van der Waals surface area contributed by atoms with Gasteiger partial charge in [-0.05, 0) is 25.8 Å². The quantitative estimate of drug-likeness (QED) is 0.574. The van der Waals surface area contributed by atoms with Crippen molar-refractivity contribution in [2.75, 3.05) is 19.8 Å². The first-order valence-corrected chi connectivity index (χ1v) is 4.39. The van der Waals surface area contributed by atoms with Crippen LogP contribution in [0.5, 0.6) is 0 Å². The Bertz CT molecular complexity index is 116. The maximum Gasteiger partial charge on any atom is 0.0597 e. The third-order valence-electron chi connectivity index (χ3n) is 2.25. The van der Waals surface area contributed by atoms with Crippen molar-refractivity contribution in [2.24, 2.45) is 5.92 Å². The molecule has 11 heavy (non-hydrogen) atoms. The molecule has 0 spiro atoms. The maximum absolute atomic E-state index is 5.35. The molecule has 0 unspecified atom stereocenters. The van der Waals surface area contributed by atoms with Crippen molar-refractivity contribution in [3.63, 3.8) is 0 Å². The highest BCUT2D eigenvalue weighted by atomic mass is 16.5. The molecular formula is C9H18NO-. The Balaban J connectivity index is 2.23. The predicted molar refractivity (Wildman–Crippen MR) is 46.1 cm³/mol. The fourth-order valence-corrected chi connectivity index (χ4v) is 1.66. The van der Waals surface area contributed by atoms with Crippen LogP contribution in [0, 0.1) is 13.0 Å². The Hall–Kier alpha value is -0.0800. The molecule has 1 aliphatic rings. The van der Waals surface area contributed by atoms with Gasteiger partial charge in [0.05, 0.1) is 6.61 Å². The van der Waals surface area contributed by atoms with E-state index in [4.69, 9.17) is 4.74 Å². The molecule has 0 N–H and O–H groups in total. The molecule has 0 aromatic heterocycles. The smallest absolute Gasteiger partial charge is 0.0597 e. The molecular weight excluding hydrogens is 138 g/mol. The van der Waals surface area contributed by atoms with E-state index in [-0.39, 0.29) is 0 Å². The van der Waals surface area contributed by atoms with Crippen LogP contribution in [0.1, 0.15) is 20.3 Å². The van der Waals surface area contributed by atoms with E-state index >= 15 is 0 Å². The van der Waals surface area contributed by atoms with Crippen LogP contribution < -0.4 is 0 Å². The molecule has 2 atom stereocenters. The average molecular weight is 156 g/mol. The lowest BCUT2D eigenvalue weighted by molar-refractivity contribution is 0.100. The molecule has 0 aromatic rings. The summed E-state index contributed by atoms with van der Waals surface area (Å²) in [6, 6.07) is 0.560. The van der Waals surface area contributed by atoms with Crippen molar-refractivity contribution < 1.29 is 4.74 Å². The highest BCUT2D eigenvalue weighted by Gasteiger charge is 2.21. The van der Waals surface area contributed by atoms with Crippen molar-refractivity contribution in [1.29, 1.82) is 0 Å². The van der Waals surface area contributed by atoms with E-state index in [1.165, 1.54) is 6.42 Å².